The summed E-state index contributed by atoms with van der Waals surface area (Å²) in [5.74, 6) is 0. The Bertz CT molecular complexity index is 609. The van der Waals surface area contributed by atoms with Gasteiger partial charge in [0.15, 0.2) is 0 Å². The number of anilines is 2. The van der Waals surface area contributed by atoms with Crippen LogP contribution < -0.4 is 10.6 Å². The van der Waals surface area contributed by atoms with E-state index in [4.69, 9.17) is 23.2 Å². The Morgan fingerprint density at radius 3 is 1.43 bits per heavy atom. The average Bonchev–Trinajstić information content (AvgIpc) is 2.43. The number of benzene rings is 2. The van der Waals surface area contributed by atoms with Crippen LogP contribution in [-0.2, 0) is 6.42 Å². The molecule has 0 radical (unpaired) electrons. The number of halogens is 2. The summed E-state index contributed by atoms with van der Waals surface area (Å²) in [6.45, 7) is 8.42. The van der Waals surface area contributed by atoms with Gasteiger partial charge >= 0.3 is 0 Å². The lowest BCUT2D eigenvalue weighted by atomic mass is 10.0. The van der Waals surface area contributed by atoms with Crippen molar-refractivity contribution in [1.82, 2.24) is 0 Å². The molecule has 0 fully saturated rings. The van der Waals surface area contributed by atoms with Crippen molar-refractivity contribution in [2.45, 2.75) is 46.2 Å². The predicted octanol–water partition coefficient (Wildman–Crippen LogP) is 6.22. The summed E-state index contributed by atoms with van der Waals surface area (Å²) in [5.41, 5.74) is 4.23. The molecule has 23 heavy (non-hydrogen) atoms. The SMILES string of the molecule is CC(C)Nc1ccc(Cc2ccc(NC(C)C)cc2Cl)c(Cl)c1. The van der Waals surface area contributed by atoms with Gasteiger partial charge in [0, 0.05) is 39.9 Å². The van der Waals surface area contributed by atoms with Crippen LogP contribution in [0.25, 0.3) is 0 Å². The number of nitrogens with one attached hydrogen (secondary N) is 2. The van der Waals surface area contributed by atoms with E-state index in [-0.39, 0.29) is 0 Å². The van der Waals surface area contributed by atoms with Crippen molar-refractivity contribution in [2.75, 3.05) is 10.6 Å². The summed E-state index contributed by atoms with van der Waals surface area (Å²) in [5, 5.41) is 8.23. The van der Waals surface area contributed by atoms with Gasteiger partial charge in [-0.1, -0.05) is 35.3 Å². The van der Waals surface area contributed by atoms with E-state index in [0.717, 1.165) is 39.0 Å². The van der Waals surface area contributed by atoms with Gasteiger partial charge in [-0.3, -0.25) is 0 Å². The molecule has 2 aromatic carbocycles. The maximum atomic E-state index is 6.42. The van der Waals surface area contributed by atoms with Crippen molar-refractivity contribution in [3.05, 3.63) is 57.6 Å². The highest BCUT2D eigenvalue weighted by atomic mass is 35.5. The second kappa shape index (κ2) is 7.94. The first-order chi connectivity index (χ1) is 10.8. The van der Waals surface area contributed by atoms with Crippen LogP contribution in [0.2, 0.25) is 10.0 Å². The van der Waals surface area contributed by atoms with Gasteiger partial charge in [0.25, 0.3) is 0 Å². The van der Waals surface area contributed by atoms with Crippen LogP contribution in [0.15, 0.2) is 36.4 Å². The van der Waals surface area contributed by atoms with E-state index in [0.29, 0.717) is 12.1 Å². The zero-order chi connectivity index (χ0) is 17.0. The zero-order valence-electron chi connectivity index (χ0n) is 14.1. The van der Waals surface area contributed by atoms with E-state index >= 15 is 0 Å². The fourth-order valence-electron chi connectivity index (χ4n) is 2.43. The van der Waals surface area contributed by atoms with Gasteiger partial charge in [-0.2, -0.15) is 0 Å². The number of rotatable bonds is 6. The first kappa shape index (κ1) is 18.0. The van der Waals surface area contributed by atoms with Gasteiger partial charge in [-0.05, 0) is 63.1 Å². The molecule has 2 aromatic rings. The Labute approximate surface area is 149 Å². The van der Waals surface area contributed by atoms with Crippen LogP contribution >= 0.6 is 23.2 Å². The molecule has 2 nitrogen and oxygen atoms in total. The fourth-order valence-corrected chi connectivity index (χ4v) is 2.93. The standard InChI is InChI=1S/C19H24Cl2N2/c1-12(2)22-16-7-5-14(18(20)10-16)9-15-6-8-17(11-19(15)21)23-13(3)4/h5-8,10-13,22-23H,9H2,1-4H3. The molecule has 0 aromatic heterocycles. The quantitative estimate of drug-likeness (QED) is 0.645. The third-order valence-electron chi connectivity index (χ3n) is 3.40. The second-order valence-corrected chi connectivity index (χ2v) is 7.20. The van der Waals surface area contributed by atoms with Crippen molar-refractivity contribution >= 4 is 34.6 Å². The van der Waals surface area contributed by atoms with Gasteiger partial charge < -0.3 is 10.6 Å². The van der Waals surface area contributed by atoms with Crippen molar-refractivity contribution < 1.29 is 0 Å². The minimum atomic E-state index is 0.382. The Morgan fingerprint density at radius 1 is 0.739 bits per heavy atom. The van der Waals surface area contributed by atoms with Crippen molar-refractivity contribution in [3.8, 4) is 0 Å². The van der Waals surface area contributed by atoms with Gasteiger partial charge in [-0.25, -0.2) is 0 Å². The molecule has 0 aliphatic heterocycles. The molecule has 0 unspecified atom stereocenters. The lowest BCUT2D eigenvalue weighted by Crippen LogP contribution is -2.10. The van der Waals surface area contributed by atoms with Gasteiger partial charge in [0.05, 0.1) is 0 Å². The molecule has 0 atom stereocenters. The third kappa shape index (κ3) is 5.33. The maximum Gasteiger partial charge on any atom is 0.0461 e. The number of hydrogen-bond donors (Lipinski definition) is 2. The molecule has 0 aliphatic carbocycles. The van der Waals surface area contributed by atoms with Crippen LogP contribution in [0.3, 0.4) is 0 Å². The lowest BCUT2D eigenvalue weighted by Gasteiger charge is -2.14. The van der Waals surface area contributed by atoms with E-state index in [9.17, 15) is 0 Å². The smallest absolute Gasteiger partial charge is 0.0461 e. The molecular weight excluding hydrogens is 327 g/mol. The molecule has 2 rings (SSSR count). The average molecular weight is 351 g/mol. The minimum Gasteiger partial charge on any atom is -0.383 e. The molecule has 4 heteroatoms. The van der Waals surface area contributed by atoms with Crippen molar-refractivity contribution in [2.24, 2.45) is 0 Å². The highest BCUT2D eigenvalue weighted by Crippen LogP contribution is 2.28. The van der Waals surface area contributed by atoms with E-state index in [2.05, 4.69) is 62.6 Å². The molecule has 0 saturated carbocycles. The predicted molar refractivity (Wildman–Crippen MR) is 103 cm³/mol. The highest BCUT2D eigenvalue weighted by Gasteiger charge is 2.08. The first-order valence-electron chi connectivity index (χ1n) is 7.95. The number of hydrogen-bond acceptors (Lipinski definition) is 2. The first-order valence-corrected chi connectivity index (χ1v) is 8.70. The van der Waals surface area contributed by atoms with E-state index < -0.39 is 0 Å². The Hall–Kier alpha value is -1.38. The summed E-state index contributed by atoms with van der Waals surface area (Å²) in [6.07, 6.45) is 0.724. The van der Waals surface area contributed by atoms with Crippen LogP contribution in [0.1, 0.15) is 38.8 Å². The molecule has 0 saturated heterocycles. The van der Waals surface area contributed by atoms with E-state index in [1.807, 2.05) is 12.1 Å². The summed E-state index contributed by atoms with van der Waals surface area (Å²) in [7, 11) is 0. The van der Waals surface area contributed by atoms with Crippen molar-refractivity contribution in [3.63, 3.8) is 0 Å². The summed E-state index contributed by atoms with van der Waals surface area (Å²) in [4.78, 5) is 0. The van der Waals surface area contributed by atoms with Gasteiger partial charge in [0.2, 0.25) is 0 Å². The molecule has 124 valence electrons. The summed E-state index contributed by atoms with van der Waals surface area (Å²) < 4.78 is 0. The van der Waals surface area contributed by atoms with Gasteiger partial charge in [-0.15, -0.1) is 0 Å². The zero-order valence-corrected chi connectivity index (χ0v) is 15.6. The molecule has 0 heterocycles. The van der Waals surface area contributed by atoms with Crippen LogP contribution in [-0.4, -0.2) is 12.1 Å². The molecule has 0 spiro atoms. The van der Waals surface area contributed by atoms with Crippen molar-refractivity contribution in [1.29, 1.82) is 0 Å². The van der Waals surface area contributed by atoms with Crippen LogP contribution in [0.5, 0.6) is 0 Å². The highest BCUT2D eigenvalue weighted by molar-refractivity contribution is 6.32. The summed E-state index contributed by atoms with van der Waals surface area (Å²) >= 11 is 12.8. The van der Waals surface area contributed by atoms with Crippen LogP contribution in [0, 0.1) is 0 Å². The molecule has 0 aliphatic rings. The van der Waals surface area contributed by atoms with E-state index in [1.165, 1.54) is 0 Å². The second-order valence-electron chi connectivity index (χ2n) is 6.39. The molecule has 2 N–H and O–H groups in total. The van der Waals surface area contributed by atoms with Crippen LogP contribution in [0.4, 0.5) is 11.4 Å². The Balaban J connectivity index is 2.15. The van der Waals surface area contributed by atoms with E-state index in [1.54, 1.807) is 0 Å². The lowest BCUT2D eigenvalue weighted by molar-refractivity contribution is 0.899. The Kier molecular flexibility index (Phi) is 6.20. The maximum absolute atomic E-state index is 6.42. The summed E-state index contributed by atoms with van der Waals surface area (Å²) in [6, 6.07) is 12.9. The molecule has 0 bridgehead atoms. The molecule has 0 amide bonds. The topological polar surface area (TPSA) is 24.1 Å². The third-order valence-corrected chi connectivity index (χ3v) is 4.10. The normalized spacial score (nSPS) is 11.1. The fraction of sp³-hybridized carbons (Fsp3) is 0.368. The van der Waals surface area contributed by atoms with Gasteiger partial charge in [0.1, 0.15) is 0 Å². The molecular formula is C19H24Cl2N2. The minimum absolute atomic E-state index is 0.382. The largest absolute Gasteiger partial charge is 0.383 e. The monoisotopic (exact) mass is 350 g/mol. The Morgan fingerprint density at radius 2 is 1.13 bits per heavy atom.